The molecule has 6 nitrogen and oxygen atoms in total. The summed E-state index contributed by atoms with van der Waals surface area (Å²) in [4.78, 5) is 20.4. The van der Waals surface area contributed by atoms with E-state index < -0.39 is 0 Å². The number of furan rings is 2. The van der Waals surface area contributed by atoms with Crippen molar-refractivity contribution < 1.29 is 8.83 Å². The van der Waals surface area contributed by atoms with E-state index in [1.165, 1.54) is 27.6 Å². The zero-order chi connectivity index (χ0) is 31.3. The molecule has 0 saturated carbocycles. The Kier molecular flexibility index (Phi) is 5.02. The summed E-state index contributed by atoms with van der Waals surface area (Å²) in [5.41, 5.74) is 11.4. The number of hydrogen-bond donors (Lipinski definition) is 0. The third kappa shape index (κ3) is 3.46. The van der Waals surface area contributed by atoms with Crippen LogP contribution in [0.15, 0.2) is 142 Å². The van der Waals surface area contributed by atoms with Crippen LogP contribution in [0.3, 0.4) is 0 Å². The lowest BCUT2D eigenvalue weighted by Gasteiger charge is -2.12. The summed E-state index contributed by atoms with van der Waals surface area (Å²) in [5.74, 6) is 1.71. The van der Waals surface area contributed by atoms with Gasteiger partial charge in [0, 0.05) is 33.7 Å². The van der Waals surface area contributed by atoms with E-state index in [2.05, 4.69) is 66.7 Å². The first-order chi connectivity index (χ1) is 23.8. The minimum absolute atomic E-state index is 0.547. The highest BCUT2D eigenvalue weighted by Gasteiger charge is 2.25. The number of aromatic nitrogens is 4. The molecule has 0 saturated heterocycles. The fraction of sp³-hybridized carbons (Fsp3) is 0. The molecule has 0 amide bonds. The van der Waals surface area contributed by atoms with Crippen molar-refractivity contribution >= 4 is 54.8 Å². The van der Waals surface area contributed by atoms with E-state index >= 15 is 0 Å². The average molecular weight is 615 g/mol. The summed E-state index contributed by atoms with van der Waals surface area (Å²) < 4.78 is 12.5. The molecule has 0 radical (unpaired) electrons. The molecule has 11 rings (SSSR count). The van der Waals surface area contributed by atoms with Gasteiger partial charge in [0.1, 0.15) is 22.3 Å². The van der Waals surface area contributed by atoms with E-state index in [0.717, 1.165) is 66.1 Å². The standard InChI is InChI=1S/C42H22N4O2/c1-2-10-24-23(9-1)25-12-5-13-26-28(21-20-27(24)36(25)26)40-44-41(30-14-6-17-33-37(30)29-11-3-4-16-32(29)47-33)46-42(45-40)31-15-7-18-34-38(31)39-35(48-34)19-8-22-43-39/h1-22H. The van der Waals surface area contributed by atoms with Crippen LogP contribution >= 0.6 is 0 Å². The van der Waals surface area contributed by atoms with Crippen LogP contribution < -0.4 is 0 Å². The fourth-order valence-electron chi connectivity index (χ4n) is 7.53. The molecular formula is C42H22N4O2. The predicted molar refractivity (Wildman–Crippen MR) is 190 cm³/mol. The van der Waals surface area contributed by atoms with Crippen molar-refractivity contribution in [3.8, 4) is 56.4 Å². The Morgan fingerprint density at radius 2 is 0.854 bits per heavy atom. The first kappa shape index (κ1) is 25.5. The van der Waals surface area contributed by atoms with Gasteiger partial charge in [-0.2, -0.15) is 0 Å². The van der Waals surface area contributed by atoms with Gasteiger partial charge in [0.05, 0.1) is 5.39 Å². The van der Waals surface area contributed by atoms with Crippen LogP contribution in [0, 0.1) is 0 Å². The summed E-state index contributed by atoms with van der Waals surface area (Å²) in [6.45, 7) is 0. The van der Waals surface area contributed by atoms with E-state index in [0.29, 0.717) is 17.5 Å². The van der Waals surface area contributed by atoms with Crippen molar-refractivity contribution in [2.75, 3.05) is 0 Å². The molecule has 4 aromatic heterocycles. The molecule has 1 aliphatic rings. The number of benzene rings is 6. The smallest absolute Gasteiger partial charge is 0.164 e. The number of fused-ring (bicyclic) bond motifs is 9. The van der Waals surface area contributed by atoms with Crippen molar-refractivity contribution in [2.45, 2.75) is 0 Å². The maximum absolute atomic E-state index is 6.27. The summed E-state index contributed by atoms with van der Waals surface area (Å²) >= 11 is 0. The number of hydrogen-bond acceptors (Lipinski definition) is 6. The van der Waals surface area contributed by atoms with Gasteiger partial charge >= 0.3 is 0 Å². The van der Waals surface area contributed by atoms with Gasteiger partial charge in [0.15, 0.2) is 23.1 Å². The highest BCUT2D eigenvalue weighted by Crippen LogP contribution is 2.49. The van der Waals surface area contributed by atoms with Crippen molar-refractivity contribution in [3.63, 3.8) is 0 Å². The molecule has 0 N–H and O–H groups in total. The minimum atomic E-state index is 0.547. The third-order valence-electron chi connectivity index (χ3n) is 9.56. The zero-order valence-electron chi connectivity index (χ0n) is 25.3. The minimum Gasteiger partial charge on any atom is -0.456 e. The molecule has 6 heteroatoms. The number of nitrogens with zero attached hydrogens (tertiary/aromatic N) is 4. The average Bonchev–Trinajstić information content (AvgIpc) is 3.82. The van der Waals surface area contributed by atoms with E-state index in [-0.39, 0.29) is 0 Å². The molecule has 0 unspecified atom stereocenters. The second-order valence-electron chi connectivity index (χ2n) is 12.1. The van der Waals surface area contributed by atoms with Gasteiger partial charge < -0.3 is 8.83 Å². The quantitative estimate of drug-likeness (QED) is 0.197. The maximum Gasteiger partial charge on any atom is 0.164 e. The van der Waals surface area contributed by atoms with E-state index in [4.69, 9.17) is 28.8 Å². The van der Waals surface area contributed by atoms with Gasteiger partial charge in [-0.25, -0.2) is 15.0 Å². The highest BCUT2D eigenvalue weighted by molar-refractivity contribution is 6.18. The van der Waals surface area contributed by atoms with Crippen LogP contribution in [0.2, 0.25) is 0 Å². The molecule has 0 fully saturated rings. The fourth-order valence-corrected chi connectivity index (χ4v) is 7.53. The number of rotatable bonds is 3. The molecule has 4 heterocycles. The van der Waals surface area contributed by atoms with E-state index in [1.54, 1.807) is 6.20 Å². The van der Waals surface area contributed by atoms with Gasteiger partial charge in [-0.3, -0.25) is 4.98 Å². The van der Waals surface area contributed by atoms with Gasteiger partial charge in [-0.15, -0.1) is 0 Å². The molecule has 222 valence electrons. The van der Waals surface area contributed by atoms with Crippen LogP contribution in [0.4, 0.5) is 0 Å². The Morgan fingerprint density at radius 1 is 0.333 bits per heavy atom. The largest absolute Gasteiger partial charge is 0.456 e. The van der Waals surface area contributed by atoms with Crippen molar-refractivity contribution in [2.24, 2.45) is 0 Å². The predicted octanol–water partition coefficient (Wildman–Crippen LogP) is 10.9. The van der Waals surface area contributed by atoms with Crippen LogP contribution in [0.25, 0.3) is 111 Å². The molecule has 10 aromatic rings. The zero-order valence-corrected chi connectivity index (χ0v) is 25.3. The molecule has 0 atom stereocenters. The first-order valence-electron chi connectivity index (χ1n) is 15.9. The molecule has 0 bridgehead atoms. The third-order valence-corrected chi connectivity index (χ3v) is 9.56. The summed E-state index contributed by atoms with van der Waals surface area (Å²) in [7, 11) is 0. The van der Waals surface area contributed by atoms with Gasteiger partial charge in [-0.1, -0.05) is 91.0 Å². The SMILES string of the molecule is c1ccc2c(c1)-c1cccc3c(-c4nc(-c5cccc6oc7ccccc7c56)nc(-c5cccc6oc7cccnc7c56)n4)ccc-2c13. The Balaban J connectivity index is 1.24. The van der Waals surface area contributed by atoms with Crippen LogP contribution in [-0.2, 0) is 0 Å². The first-order valence-corrected chi connectivity index (χ1v) is 15.9. The van der Waals surface area contributed by atoms with Crippen LogP contribution in [0.1, 0.15) is 0 Å². The molecule has 0 aliphatic heterocycles. The monoisotopic (exact) mass is 614 g/mol. The lowest BCUT2D eigenvalue weighted by Crippen LogP contribution is -2.01. The molecular weight excluding hydrogens is 592 g/mol. The second-order valence-corrected chi connectivity index (χ2v) is 12.1. The Bertz CT molecular complexity index is 2810. The summed E-state index contributed by atoms with van der Waals surface area (Å²) in [6.07, 6.45) is 1.79. The second kappa shape index (κ2) is 9.44. The molecule has 1 aliphatic carbocycles. The Labute approximate surface area is 273 Å². The Morgan fingerprint density at radius 3 is 1.67 bits per heavy atom. The number of para-hydroxylation sites is 1. The highest BCUT2D eigenvalue weighted by atomic mass is 16.3. The summed E-state index contributed by atoms with van der Waals surface area (Å²) in [5, 5.41) is 5.18. The lowest BCUT2D eigenvalue weighted by molar-refractivity contribution is 0.668. The molecule has 6 aromatic carbocycles. The molecule has 48 heavy (non-hydrogen) atoms. The van der Waals surface area contributed by atoms with Crippen molar-refractivity contribution in [1.29, 1.82) is 0 Å². The topological polar surface area (TPSA) is 77.8 Å². The van der Waals surface area contributed by atoms with Crippen molar-refractivity contribution in [1.82, 2.24) is 19.9 Å². The van der Waals surface area contributed by atoms with E-state index in [9.17, 15) is 0 Å². The number of pyridine rings is 1. The van der Waals surface area contributed by atoms with Gasteiger partial charge in [-0.05, 0) is 69.4 Å². The van der Waals surface area contributed by atoms with Gasteiger partial charge in [0.2, 0.25) is 0 Å². The van der Waals surface area contributed by atoms with Crippen LogP contribution in [-0.4, -0.2) is 19.9 Å². The summed E-state index contributed by atoms with van der Waals surface area (Å²) in [6, 6.07) is 43.4. The normalized spacial score (nSPS) is 12.2. The van der Waals surface area contributed by atoms with E-state index in [1.807, 2.05) is 60.7 Å². The molecule has 0 spiro atoms. The maximum atomic E-state index is 6.27. The van der Waals surface area contributed by atoms with Crippen molar-refractivity contribution in [3.05, 3.63) is 134 Å². The van der Waals surface area contributed by atoms with Gasteiger partial charge in [0.25, 0.3) is 0 Å². The lowest BCUT2D eigenvalue weighted by atomic mass is 9.98. The Hall–Kier alpha value is -6.66. The van der Waals surface area contributed by atoms with Crippen LogP contribution in [0.5, 0.6) is 0 Å².